The normalized spacial score (nSPS) is 21.7. The van der Waals surface area contributed by atoms with Gasteiger partial charge in [-0.05, 0) is 30.5 Å². The van der Waals surface area contributed by atoms with Gasteiger partial charge in [0.1, 0.15) is 25.5 Å². The number of ether oxygens (including phenoxy) is 3. The standard InChI is InChI=1S/C23H28N2O4/c1-2-3-19(26)6-4-17-5-7-21-18(12-17)8-9-25-16-24-23(13-22(21)25)29-15-20-14-27-10-11-28-20/h5,7,12-13,19-20,26H,2-3,8-11,14-16H2,1H3. The largest absolute Gasteiger partial charge is 0.475 e. The van der Waals surface area contributed by atoms with Crippen LogP contribution in [0, 0.1) is 11.8 Å². The molecule has 3 heterocycles. The number of nitrogens with zero attached hydrogens (tertiary/aromatic N) is 2. The molecular weight excluding hydrogens is 368 g/mol. The van der Waals surface area contributed by atoms with Crippen molar-refractivity contribution in [2.24, 2.45) is 4.99 Å². The second-order valence-electron chi connectivity index (χ2n) is 7.51. The monoisotopic (exact) mass is 396 g/mol. The SMILES string of the molecule is CCCC(O)C#Cc1ccc2c(c1)CCN1CN=C(OCC3COCCO3)C=C21. The van der Waals surface area contributed by atoms with Crippen LogP contribution in [0.15, 0.2) is 29.3 Å². The fourth-order valence-electron chi connectivity index (χ4n) is 3.72. The summed E-state index contributed by atoms with van der Waals surface area (Å²) in [6.45, 7) is 5.85. The molecule has 0 radical (unpaired) electrons. The molecule has 2 atom stereocenters. The molecule has 1 saturated heterocycles. The molecule has 3 aliphatic heterocycles. The highest BCUT2D eigenvalue weighted by Crippen LogP contribution is 2.31. The molecule has 0 spiro atoms. The lowest BCUT2D eigenvalue weighted by Gasteiger charge is -2.34. The van der Waals surface area contributed by atoms with Crippen LogP contribution in [0.5, 0.6) is 0 Å². The maximum absolute atomic E-state index is 9.84. The van der Waals surface area contributed by atoms with Gasteiger partial charge in [0.05, 0.1) is 25.5 Å². The first-order chi connectivity index (χ1) is 14.2. The first-order valence-corrected chi connectivity index (χ1v) is 10.4. The van der Waals surface area contributed by atoms with Gasteiger partial charge < -0.3 is 24.2 Å². The Kier molecular flexibility index (Phi) is 6.50. The molecule has 4 rings (SSSR count). The lowest BCUT2D eigenvalue weighted by atomic mass is 9.94. The number of aliphatic imine (C=N–C) groups is 1. The van der Waals surface area contributed by atoms with Crippen molar-refractivity contribution in [3.8, 4) is 11.8 Å². The average molecular weight is 396 g/mol. The maximum Gasteiger partial charge on any atom is 0.212 e. The number of hydrogen-bond donors (Lipinski definition) is 1. The fourth-order valence-corrected chi connectivity index (χ4v) is 3.72. The molecule has 0 saturated carbocycles. The Labute approximate surface area is 172 Å². The molecule has 0 bridgehead atoms. The van der Waals surface area contributed by atoms with Gasteiger partial charge in [-0.15, -0.1) is 0 Å². The smallest absolute Gasteiger partial charge is 0.212 e. The Balaban J connectivity index is 1.46. The van der Waals surface area contributed by atoms with E-state index in [-0.39, 0.29) is 6.10 Å². The van der Waals surface area contributed by atoms with E-state index in [9.17, 15) is 5.11 Å². The van der Waals surface area contributed by atoms with Gasteiger partial charge in [0, 0.05) is 23.7 Å². The van der Waals surface area contributed by atoms with Gasteiger partial charge in [0.2, 0.25) is 5.90 Å². The Morgan fingerprint density at radius 1 is 1.38 bits per heavy atom. The van der Waals surface area contributed by atoms with E-state index in [1.165, 1.54) is 11.1 Å². The topological polar surface area (TPSA) is 63.5 Å². The molecule has 6 nitrogen and oxygen atoms in total. The quantitative estimate of drug-likeness (QED) is 0.791. The van der Waals surface area contributed by atoms with Crippen LogP contribution in [-0.4, -0.2) is 67.8 Å². The molecular formula is C23H28N2O4. The number of benzene rings is 1. The molecule has 29 heavy (non-hydrogen) atoms. The number of rotatable bonds is 4. The highest BCUT2D eigenvalue weighted by atomic mass is 16.6. The molecule has 1 aromatic carbocycles. The molecule has 1 N–H and O–H groups in total. The van der Waals surface area contributed by atoms with Gasteiger partial charge in [0.25, 0.3) is 0 Å². The van der Waals surface area contributed by atoms with Crippen molar-refractivity contribution in [1.29, 1.82) is 0 Å². The van der Waals surface area contributed by atoms with Crippen LogP contribution in [0.4, 0.5) is 0 Å². The summed E-state index contributed by atoms with van der Waals surface area (Å²) < 4.78 is 16.9. The molecule has 0 aliphatic carbocycles. The van der Waals surface area contributed by atoms with E-state index < -0.39 is 6.10 Å². The van der Waals surface area contributed by atoms with E-state index in [1.54, 1.807) is 0 Å². The zero-order valence-electron chi connectivity index (χ0n) is 16.9. The number of aliphatic hydroxyl groups is 1. The molecule has 154 valence electrons. The minimum Gasteiger partial charge on any atom is -0.475 e. The van der Waals surface area contributed by atoms with E-state index in [0.717, 1.165) is 30.6 Å². The molecule has 1 aromatic rings. The van der Waals surface area contributed by atoms with E-state index >= 15 is 0 Å². The van der Waals surface area contributed by atoms with Gasteiger partial charge in [-0.2, -0.15) is 0 Å². The summed E-state index contributed by atoms with van der Waals surface area (Å²) in [6, 6.07) is 6.28. The van der Waals surface area contributed by atoms with Crippen molar-refractivity contribution in [3.63, 3.8) is 0 Å². The minimum absolute atomic E-state index is 0.0364. The summed E-state index contributed by atoms with van der Waals surface area (Å²) in [7, 11) is 0. The van der Waals surface area contributed by atoms with E-state index in [1.807, 2.05) is 19.1 Å². The first kappa shape index (κ1) is 20.0. The van der Waals surface area contributed by atoms with E-state index in [2.05, 4.69) is 33.9 Å². The lowest BCUT2D eigenvalue weighted by molar-refractivity contribution is -0.103. The molecule has 1 fully saturated rings. The Hall–Kier alpha value is -2.33. The van der Waals surface area contributed by atoms with Gasteiger partial charge in [0.15, 0.2) is 0 Å². The zero-order valence-corrected chi connectivity index (χ0v) is 16.9. The van der Waals surface area contributed by atoms with Crippen LogP contribution >= 0.6 is 0 Å². The molecule has 2 unspecified atom stereocenters. The lowest BCUT2D eigenvalue weighted by Crippen LogP contribution is -2.35. The van der Waals surface area contributed by atoms with Crippen LogP contribution < -0.4 is 0 Å². The van der Waals surface area contributed by atoms with Crippen molar-refractivity contribution in [2.45, 2.75) is 38.4 Å². The van der Waals surface area contributed by atoms with Crippen molar-refractivity contribution in [2.75, 3.05) is 39.6 Å². The summed E-state index contributed by atoms with van der Waals surface area (Å²) >= 11 is 0. The zero-order chi connectivity index (χ0) is 20.1. The number of hydrogen-bond acceptors (Lipinski definition) is 6. The van der Waals surface area contributed by atoms with Crippen LogP contribution in [0.2, 0.25) is 0 Å². The van der Waals surface area contributed by atoms with Gasteiger partial charge in [-0.3, -0.25) is 0 Å². The van der Waals surface area contributed by atoms with E-state index in [4.69, 9.17) is 14.2 Å². The Morgan fingerprint density at radius 3 is 3.14 bits per heavy atom. The van der Waals surface area contributed by atoms with Crippen LogP contribution in [0.3, 0.4) is 0 Å². The summed E-state index contributed by atoms with van der Waals surface area (Å²) in [5, 5.41) is 9.84. The highest BCUT2D eigenvalue weighted by Gasteiger charge is 2.25. The van der Waals surface area contributed by atoms with Crippen molar-refractivity contribution in [3.05, 3.63) is 41.0 Å². The van der Waals surface area contributed by atoms with Gasteiger partial charge >= 0.3 is 0 Å². The summed E-state index contributed by atoms with van der Waals surface area (Å²) in [4.78, 5) is 6.82. The fraction of sp³-hybridized carbons (Fsp3) is 0.522. The molecule has 0 amide bonds. The van der Waals surface area contributed by atoms with E-state index in [0.29, 0.717) is 45.4 Å². The van der Waals surface area contributed by atoms with Crippen LogP contribution in [0.25, 0.3) is 5.70 Å². The highest BCUT2D eigenvalue weighted by molar-refractivity contribution is 5.96. The maximum atomic E-state index is 9.84. The minimum atomic E-state index is -0.554. The second-order valence-corrected chi connectivity index (χ2v) is 7.51. The van der Waals surface area contributed by atoms with Crippen LogP contribution in [-0.2, 0) is 20.6 Å². The third kappa shape index (κ3) is 4.99. The van der Waals surface area contributed by atoms with Crippen molar-refractivity contribution in [1.82, 2.24) is 4.90 Å². The third-order valence-corrected chi connectivity index (χ3v) is 5.28. The molecule has 0 aromatic heterocycles. The average Bonchev–Trinajstić information content (AvgIpc) is 2.77. The predicted octanol–water partition coefficient (Wildman–Crippen LogP) is 2.20. The van der Waals surface area contributed by atoms with Gasteiger partial charge in [-0.1, -0.05) is 31.3 Å². The summed E-state index contributed by atoms with van der Waals surface area (Å²) in [5.41, 5.74) is 4.56. The first-order valence-electron chi connectivity index (χ1n) is 10.4. The second kappa shape index (κ2) is 9.45. The van der Waals surface area contributed by atoms with Crippen LogP contribution in [0.1, 0.15) is 36.5 Å². The predicted molar refractivity (Wildman–Crippen MR) is 111 cm³/mol. The molecule has 3 aliphatic rings. The number of fused-ring (bicyclic) bond motifs is 3. The third-order valence-electron chi connectivity index (χ3n) is 5.28. The number of aliphatic hydroxyl groups excluding tert-OH is 1. The Bertz CT molecular complexity index is 846. The van der Waals surface area contributed by atoms with Crippen molar-refractivity contribution >= 4 is 11.6 Å². The van der Waals surface area contributed by atoms with Crippen molar-refractivity contribution < 1.29 is 19.3 Å². The molecule has 6 heteroatoms. The summed E-state index contributed by atoms with van der Waals surface area (Å²) in [5.74, 6) is 6.69. The Morgan fingerprint density at radius 2 is 2.31 bits per heavy atom. The van der Waals surface area contributed by atoms with Gasteiger partial charge in [-0.25, -0.2) is 4.99 Å². The summed E-state index contributed by atoms with van der Waals surface area (Å²) in [6.07, 6.45) is 4.02.